The molecule has 0 saturated heterocycles. The molecule has 39 heavy (non-hydrogen) atoms. The third-order valence-electron chi connectivity index (χ3n) is 6.43. The lowest BCUT2D eigenvalue weighted by atomic mass is 9.85. The quantitative estimate of drug-likeness (QED) is 0.191. The zero-order valence-corrected chi connectivity index (χ0v) is 23.2. The fraction of sp³-hybridized carbons (Fsp3) is 0.226. The first kappa shape index (κ1) is 26.3. The maximum Gasteiger partial charge on any atom is 0.379 e. The molecule has 0 radical (unpaired) electrons. The third kappa shape index (κ3) is 5.47. The van der Waals surface area contributed by atoms with Crippen molar-refractivity contribution in [1.82, 2.24) is 0 Å². The lowest BCUT2D eigenvalue weighted by Crippen LogP contribution is -2.32. The Morgan fingerprint density at radius 3 is 2.49 bits per heavy atom. The van der Waals surface area contributed by atoms with Crippen molar-refractivity contribution in [2.24, 2.45) is 0 Å². The first-order valence-corrected chi connectivity index (χ1v) is 13.3. The van der Waals surface area contributed by atoms with Gasteiger partial charge in [-0.3, -0.25) is 0 Å². The number of benzene rings is 2. The molecule has 4 aromatic rings. The average Bonchev–Trinajstić information content (AvgIpc) is 3.58. The second kappa shape index (κ2) is 10.5. The first-order chi connectivity index (χ1) is 18.6. The third-order valence-corrected chi connectivity index (χ3v) is 7.41. The van der Waals surface area contributed by atoms with Gasteiger partial charge in [-0.1, -0.05) is 12.1 Å². The van der Waals surface area contributed by atoms with E-state index in [0.717, 1.165) is 38.4 Å². The summed E-state index contributed by atoms with van der Waals surface area (Å²) in [4.78, 5) is 26.9. The van der Waals surface area contributed by atoms with E-state index in [0.29, 0.717) is 16.4 Å². The van der Waals surface area contributed by atoms with Gasteiger partial charge < -0.3 is 23.9 Å². The molecule has 2 aromatic carbocycles. The van der Waals surface area contributed by atoms with Crippen molar-refractivity contribution >= 4 is 34.5 Å². The number of carbonyl (C=O) groups is 2. The molecule has 0 bridgehead atoms. The summed E-state index contributed by atoms with van der Waals surface area (Å²) in [5.41, 5.74) is 5.27. The molecule has 1 aliphatic heterocycles. The van der Waals surface area contributed by atoms with E-state index in [1.165, 1.54) is 23.7 Å². The normalized spacial score (nSPS) is 13.6. The zero-order valence-electron chi connectivity index (χ0n) is 22.4. The van der Waals surface area contributed by atoms with Gasteiger partial charge in [-0.25, -0.2) is 9.59 Å². The van der Waals surface area contributed by atoms with Crippen LogP contribution in [0.15, 0.2) is 71.4 Å². The molecule has 1 N–H and O–H groups in total. The van der Waals surface area contributed by atoms with Crippen LogP contribution in [0.25, 0.3) is 16.7 Å². The Kier molecular flexibility index (Phi) is 7.06. The van der Waals surface area contributed by atoms with E-state index in [9.17, 15) is 9.59 Å². The molecule has 8 heteroatoms. The standard InChI is InChI=1S/C31H29NO6S/c1-18-16-31(3,4)32-24-12-11-21(23(28(18)24)17-37-30(34)27-13-8-19(2)39-27)22-10-9-20(15-26(22)35-5)38-29(33)25-7-6-14-36-25/h6-16,32H,17H2,1-5H3. The maximum atomic E-state index is 12.9. The highest BCUT2D eigenvalue weighted by Crippen LogP contribution is 2.43. The molecule has 200 valence electrons. The van der Waals surface area contributed by atoms with Gasteiger partial charge in [0.1, 0.15) is 23.0 Å². The number of anilines is 1. The summed E-state index contributed by atoms with van der Waals surface area (Å²) in [7, 11) is 1.56. The number of esters is 2. The predicted octanol–water partition coefficient (Wildman–Crippen LogP) is 7.51. The first-order valence-electron chi connectivity index (χ1n) is 12.5. The van der Waals surface area contributed by atoms with Crippen LogP contribution in [-0.2, 0) is 11.3 Å². The van der Waals surface area contributed by atoms with E-state index in [1.54, 1.807) is 31.4 Å². The molecule has 0 unspecified atom stereocenters. The van der Waals surface area contributed by atoms with Gasteiger partial charge >= 0.3 is 11.9 Å². The van der Waals surface area contributed by atoms with Crippen LogP contribution in [0.4, 0.5) is 5.69 Å². The Labute approximate surface area is 231 Å². The number of carbonyl (C=O) groups excluding carboxylic acids is 2. The summed E-state index contributed by atoms with van der Waals surface area (Å²) in [5, 5.41) is 3.57. The number of thiophene rings is 1. The van der Waals surface area contributed by atoms with Crippen LogP contribution >= 0.6 is 11.3 Å². The topological polar surface area (TPSA) is 87.0 Å². The number of hydrogen-bond donors (Lipinski definition) is 1. The van der Waals surface area contributed by atoms with Crippen molar-refractivity contribution < 1.29 is 28.2 Å². The zero-order chi connectivity index (χ0) is 27.7. The van der Waals surface area contributed by atoms with E-state index in [1.807, 2.05) is 31.2 Å². The van der Waals surface area contributed by atoms with Gasteiger partial charge in [-0.15, -0.1) is 11.3 Å². The van der Waals surface area contributed by atoms with Crippen molar-refractivity contribution in [3.63, 3.8) is 0 Å². The molecule has 0 saturated carbocycles. The van der Waals surface area contributed by atoms with E-state index >= 15 is 0 Å². The Bertz CT molecular complexity index is 1580. The Balaban J connectivity index is 1.54. The molecule has 0 amide bonds. The van der Waals surface area contributed by atoms with Gasteiger partial charge in [0.2, 0.25) is 5.76 Å². The minimum Gasteiger partial charge on any atom is -0.496 e. The summed E-state index contributed by atoms with van der Waals surface area (Å²) in [6.07, 6.45) is 3.58. The van der Waals surface area contributed by atoms with Crippen LogP contribution in [-0.4, -0.2) is 24.6 Å². The number of ether oxygens (including phenoxy) is 3. The molecule has 0 atom stereocenters. The van der Waals surface area contributed by atoms with Gasteiger partial charge in [0.25, 0.3) is 0 Å². The summed E-state index contributed by atoms with van der Waals surface area (Å²) in [5.74, 6) is -0.0400. The number of allylic oxidation sites excluding steroid dienone is 1. The maximum absolute atomic E-state index is 12.9. The van der Waals surface area contributed by atoms with E-state index < -0.39 is 5.97 Å². The Hall–Kier alpha value is -4.30. The molecule has 2 aromatic heterocycles. The summed E-state index contributed by atoms with van der Waals surface area (Å²) in [6.45, 7) is 8.31. The van der Waals surface area contributed by atoms with E-state index in [4.69, 9.17) is 18.6 Å². The predicted molar refractivity (Wildman–Crippen MR) is 152 cm³/mol. The van der Waals surface area contributed by atoms with E-state index in [-0.39, 0.29) is 23.9 Å². The minimum absolute atomic E-state index is 0.0694. The number of rotatable bonds is 7. The van der Waals surface area contributed by atoms with Gasteiger partial charge in [0.15, 0.2) is 0 Å². The molecule has 7 nitrogen and oxygen atoms in total. The summed E-state index contributed by atoms with van der Waals surface area (Å²) < 4.78 is 22.2. The molecule has 0 fully saturated rings. The second-order valence-electron chi connectivity index (χ2n) is 9.90. The fourth-order valence-electron chi connectivity index (χ4n) is 4.86. The van der Waals surface area contributed by atoms with Crippen molar-refractivity contribution in [2.75, 3.05) is 12.4 Å². The Morgan fingerprint density at radius 1 is 1.00 bits per heavy atom. The highest BCUT2D eigenvalue weighted by molar-refractivity contribution is 7.13. The number of aryl methyl sites for hydroxylation is 1. The Morgan fingerprint density at radius 2 is 1.79 bits per heavy atom. The van der Waals surface area contributed by atoms with Crippen molar-refractivity contribution in [3.8, 4) is 22.6 Å². The highest BCUT2D eigenvalue weighted by atomic mass is 32.1. The van der Waals surface area contributed by atoms with Gasteiger partial charge in [-0.2, -0.15) is 0 Å². The van der Waals surface area contributed by atoms with Crippen LogP contribution in [0, 0.1) is 6.92 Å². The average molecular weight is 544 g/mol. The van der Waals surface area contributed by atoms with Crippen molar-refractivity contribution in [1.29, 1.82) is 0 Å². The second-order valence-corrected chi connectivity index (χ2v) is 11.2. The van der Waals surface area contributed by atoms with Crippen LogP contribution < -0.4 is 14.8 Å². The molecule has 1 aliphatic rings. The molecule has 0 aliphatic carbocycles. The van der Waals surface area contributed by atoms with Gasteiger partial charge in [0, 0.05) is 33.3 Å². The number of fused-ring (bicyclic) bond motifs is 1. The lowest BCUT2D eigenvalue weighted by Gasteiger charge is -2.33. The molecular formula is C31H29NO6S. The molecule has 5 rings (SSSR count). The van der Waals surface area contributed by atoms with Crippen molar-refractivity contribution in [3.05, 3.63) is 93.6 Å². The SMILES string of the molecule is COc1cc(OC(=O)c2ccco2)ccc1-c1ccc2c(c1COC(=O)c1ccc(C)s1)C(C)=CC(C)(C)N2. The number of furan rings is 1. The number of nitrogens with one attached hydrogen (secondary N) is 1. The smallest absolute Gasteiger partial charge is 0.379 e. The van der Waals surface area contributed by atoms with Crippen LogP contribution in [0.3, 0.4) is 0 Å². The van der Waals surface area contributed by atoms with E-state index in [2.05, 4.69) is 32.2 Å². The minimum atomic E-state index is -0.602. The van der Waals surface area contributed by atoms with Crippen LogP contribution in [0.1, 0.15) is 57.0 Å². The summed E-state index contributed by atoms with van der Waals surface area (Å²) in [6, 6.07) is 16.1. The number of methoxy groups -OCH3 is 1. The van der Waals surface area contributed by atoms with Crippen LogP contribution in [0.5, 0.6) is 11.5 Å². The van der Waals surface area contributed by atoms with Gasteiger partial charge in [0.05, 0.1) is 18.9 Å². The van der Waals surface area contributed by atoms with Crippen molar-refractivity contribution in [2.45, 2.75) is 39.8 Å². The summed E-state index contributed by atoms with van der Waals surface area (Å²) >= 11 is 1.41. The number of hydrogen-bond acceptors (Lipinski definition) is 8. The monoisotopic (exact) mass is 543 g/mol. The fourth-order valence-corrected chi connectivity index (χ4v) is 5.63. The largest absolute Gasteiger partial charge is 0.496 e. The molecular weight excluding hydrogens is 514 g/mol. The highest BCUT2D eigenvalue weighted by Gasteiger charge is 2.27. The molecule has 0 spiro atoms. The molecule has 3 heterocycles. The lowest BCUT2D eigenvalue weighted by molar-refractivity contribution is 0.0478. The van der Waals surface area contributed by atoms with Crippen LogP contribution in [0.2, 0.25) is 0 Å². The van der Waals surface area contributed by atoms with Gasteiger partial charge in [-0.05, 0) is 81.3 Å².